The summed E-state index contributed by atoms with van der Waals surface area (Å²) in [6.45, 7) is 8.55. The van der Waals surface area contributed by atoms with E-state index in [2.05, 4.69) is 38.2 Å². The van der Waals surface area contributed by atoms with Crippen molar-refractivity contribution >= 4 is 5.91 Å². The smallest absolute Gasteiger partial charge is 0.216 e. The number of carbonyl (C=O) groups excluding carboxylic acids is 1. The van der Waals surface area contributed by atoms with Gasteiger partial charge in [-0.1, -0.05) is 32.9 Å². The second kappa shape index (κ2) is 5.89. The predicted octanol–water partition coefficient (Wildman–Crippen LogP) is 2.67. The molecule has 0 atom stereocenters. The van der Waals surface area contributed by atoms with Crippen LogP contribution >= 0.6 is 0 Å². The molecule has 0 aliphatic heterocycles. The molecule has 3 nitrogen and oxygen atoms in total. The summed E-state index contributed by atoms with van der Waals surface area (Å²) in [7, 11) is 1.69. The van der Waals surface area contributed by atoms with Gasteiger partial charge in [0.15, 0.2) is 0 Å². The molecule has 0 saturated heterocycles. The summed E-state index contributed by atoms with van der Waals surface area (Å²) in [5.74, 6) is 0.934. The van der Waals surface area contributed by atoms with Gasteiger partial charge < -0.3 is 10.1 Å². The van der Waals surface area contributed by atoms with Crippen molar-refractivity contribution in [1.29, 1.82) is 0 Å². The lowest BCUT2D eigenvalue weighted by Crippen LogP contribution is -2.35. The lowest BCUT2D eigenvalue weighted by Gasteiger charge is -2.26. The molecule has 1 aromatic rings. The molecular weight excluding hydrogens is 226 g/mol. The van der Waals surface area contributed by atoms with Gasteiger partial charge in [-0.2, -0.15) is 0 Å². The number of nitrogens with one attached hydrogen (secondary N) is 1. The predicted molar refractivity (Wildman–Crippen MR) is 74.1 cm³/mol. The number of amides is 1. The van der Waals surface area contributed by atoms with Crippen molar-refractivity contribution in [3.8, 4) is 5.75 Å². The second-order valence-corrected chi connectivity index (χ2v) is 5.17. The van der Waals surface area contributed by atoms with Crippen LogP contribution in [0.1, 0.15) is 38.8 Å². The fourth-order valence-corrected chi connectivity index (χ4v) is 1.92. The number of carbonyl (C=O) groups is 1. The van der Waals surface area contributed by atoms with E-state index in [1.54, 1.807) is 14.0 Å². The molecule has 0 bridgehead atoms. The summed E-state index contributed by atoms with van der Waals surface area (Å²) in [4.78, 5) is 11.0. The summed E-state index contributed by atoms with van der Waals surface area (Å²) in [6.07, 6.45) is 0.938. The van der Waals surface area contributed by atoms with Gasteiger partial charge in [-0.15, -0.1) is 0 Å². The number of methoxy groups -OCH3 is 1. The third-order valence-corrected chi connectivity index (χ3v) is 3.22. The highest BCUT2D eigenvalue weighted by Gasteiger charge is 2.21. The molecule has 100 valence electrons. The monoisotopic (exact) mass is 249 g/mol. The van der Waals surface area contributed by atoms with Gasteiger partial charge >= 0.3 is 0 Å². The van der Waals surface area contributed by atoms with E-state index < -0.39 is 0 Å². The maximum Gasteiger partial charge on any atom is 0.216 e. The number of benzene rings is 1. The van der Waals surface area contributed by atoms with Gasteiger partial charge in [0.1, 0.15) is 5.75 Å². The van der Waals surface area contributed by atoms with E-state index in [9.17, 15) is 4.79 Å². The molecule has 1 rings (SSSR count). The van der Waals surface area contributed by atoms with Crippen molar-refractivity contribution < 1.29 is 9.53 Å². The van der Waals surface area contributed by atoms with Crippen LogP contribution in [0.15, 0.2) is 18.2 Å². The third kappa shape index (κ3) is 3.49. The highest BCUT2D eigenvalue weighted by atomic mass is 16.5. The van der Waals surface area contributed by atoms with Crippen LogP contribution in [-0.4, -0.2) is 19.6 Å². The molecule has 1 amide bonds. The van der Waals surface area contributed by atoms with Gasteiger partial charge in [-0.3, -0.25) is 4.79 Å². The zero-order valence-corrected chi connectivity index (χ0v) is 12.0. The molecule has 0 aliphatic rings. The fraction of sp³-hybridized carbons (Fsp3) is 0.533. The van der Waals surface area contributed by atoms with E-state index in [0.29, 0.717) is 6.54 Å². The molecule has 0 heterocycles. The standard InChI is InChI=1S/C15H23NO2/c1-6-12-9-13(7-8-14(12)18-5)15(3,4)10-16-11(2)17/h7-9H,6,10H2,1-5H3,(H,16,17). The van der Waals surface area contributed by atoms with Crippen LogP contribution in [0, 0.1) is 0 Å². The van der Waals surface area contributed by atoms with Crippen LogP contribution in [0.5, 0.6) is 5.75 Å². The lowest BCUT2D eigenvalue weighted by atomic mass is 9.83. The Hall–Kier alpha value is -1.51. The van der Waals surface area contributed by atoms with Gasteiger partial charge in [0, 0.05) is 18.9 Å². The summed E-state index contributed by atoms with van der Waals surface area (Å²) in [5, 5.41) is 2.88. The van der Waals surface area contributed by atoms with E-state index in [1.165, 1.54) is 11.1 Å². The van der Waals surface area contributed by atoms with E-state index in [-0.39, 0.29) is 11.3 Å². The molecule has 0 fully saturated rings. The average molecular weight is 249 g/mol. The van der Waals surface area contributed by atoms with Crippen molar-refractivity contribution in [2.75, 3.05) is 13.7 Å². The first-order chi connectivity index (χ1) is 8.40. The maximum atomic E-state index is 11.0. The average Bonchev–Trinajstić information content (AvgIpc) is 2.35. The van der Waals surface area contributed by atoms with Gasteiger partial charge in [0.05, 0.1) is 7.11 Å². The van der Waals surface area contributed by atoms with E-state index >= 15 is 0 Å². The van der Waals surface area contributed by atoms with Crippen LogP contribution in [0.2, 0.25) is 0 Å². The van der Waals surface area contributed by atoms with E-state index in [0.717, 1.165) is 12.2 Å². The summed E-state index contributed by atoms with van der Waals surface area (Å²) in [5.41, 5.74) is 2.33. The molecule has 1 N–H and O–H groups in total. The van der Waals surface area contributed by atoms with Crippen molar-refractivity contribution in [3.05, 3.63) is 29.3 Å². The van der Waals surface area contributed by atoms with Crippen LogP contribution in [0.4, 0.5) is 0 Å². The van der Waals surface area contributed by atoms with Crippen LogP contribution in [0.3, 0.4) is 0 Å². The largest absolute Gasteiger partial charge is 0.496 e. The summed E-state index contributed by atoms with van der Waals surface area (Å²) in [6, 6.07) is 6.24. The SMILES string of the molecule is CCc1cc(C(C)(C)CNC(C)=O)ccc1OC. The Morgan fingerprint density at radius 1 is 1.39 bits per heavy atom. The first kappa shape index (κ1) is 14.6. The Labute approximate surface area is 110 Å². The molecule has 0 aromatic heterocycles. The van der Waals surface area contributed by atoms with Crippen LogP contribution < -0.4 is 10.1 Å². The minimum Gasteiger partial charge on any atom is -0.496 e. The molecule has 18 heavy (non-hydrogen) atoms. The fourth-order valence-electron chi connectivity index (χ4n) is 1.92. The molecule has 3 heteroatoms. The van der Waals surface area contributed by atoms with Gasteiger partial charge in [-0.25, -0.2) is 0 Å². The minimum atomic E-state index is -0.0815. The van der Waals surface area contributed by atoms with Gasteiger partial charge in [-0.05, 0) is 23.6 Å². The third-order valence-electron chi connectivity index (χ3n) is 3.22. The summed E-state index contributed by atoms with van der Waals surface area (Å²) >= 11 is 0. The molecular formula is C15H23NO2. The van der Waals surface area contributed by atoms with Crippen molar-refractivity contribution in [2.45, 2.75) is 39.5 Å². The maximum absolute atomic E-state index is 11.0. The number of rotatable bonds is 5. The Kier molecular flexibility index (Phi) is 4.76. The van der Waals surface area contributed by atoms with Crippen LogP contribution in [0.25, 0.3) is 0 Å². The zero-order chi connectivity index (χ0) is 13.8. The van der Waals surface area contributed by atoms with E-state index in [1.807, 2.05) is 6.07 Å². The molecule has 0 spiro atoms. The number of hydrogen-bond donors (Lipinski definition) is 1. The van der Waals surface area contributed by atoms with Crippen molar-refractivity contribution in [3.63, 3.8) is 0 Å². The van der Waals surface area contributed by atoms with Gasteiger partial charge in [0.2, 0.25) is 5.91 Å². The Bertz CT molecular complexity index is 425. The van der Waals surface area contributed by atoms with E-state index in [4.69, 9.17) is 4.74 Å². The van der Waals surface area contributed by atoms with Crippen molar-refractivity contribution in [2.24, 2.45) is 0 Å². The molecule has 1 aromatic carbocycles. The molecule has 0 radical (unpaired) electrons. The first-order valence-corrected chi connectivity index (χ1v) is 6.32. The molecule has 0 unspecified atom stereocenters. The molecule has 0 aliphatic carbocycles. The topological polar surface area (TPSA) is 38.3 Å². The lowest BCUT2D eigenvalue weighted by molar-refractivity contribution is -0.119. The Balaban J connectivity index is 2.97. The first-order valence-electron chi connectivity index (χ1n) is 6.32. The molecule has 0 saturated carbocycles. The summed E-state index contributed by atoms with van der Waals surface area (Å²) < 4.78 is 5.33. The normalized spacial score (nSPS) is 11.2. The Morgan fingerprint density at radius 3 is 2.56 bits per heavy atom. The quantitative estimate of drug-likeness (QED) is 0.871. The Morgan fingerprint density at radius 2 is 2.06 bits per heavy atom. The number of ether oxygens (including phenoxy) is 1. The second-order valence-electron chi connectivity index (χ2n) is 5.17. The highest BCUT2D eigenvalue weighted by molar-refractivity contribution is 5.72. The van der Waals surface area contributed by atoms with Gasteiger partial charge in [0.25, 0.3) is 0 Å². The highest BCUT2D eigenvalue weighted by Crippen LogP contribution is 2.28. The number of aryl methyl sites for hydroxylation is 1. The van der Waals surface area contributed by atoms with Crippen LogP contribution in [-0.2, 0) is 16.6 Å². The number of hydrogen-bond acceptors (Lipinski definition) is 2. The zero-order valence-electron chi connectivity index (χ0n) is 12.0. The minimum absolute atomic E-state index is 0.00676. The van der Waals surface area contributed by atoms with Crippen molar-refractivity contribution in [1.82, 2.24) is 5.32 Å².